The summed E-state index contributed by atoms with van der Waals surface area (Å²) in [5, 5.41) is 7.05. The molecule has 36 heavy (non-hydrogen) atoms. The highest BCUT2D eigenvalue weighted by molar-refractivity contribution is 6.31. The van der Waals surface area contributed by atoms with Gasteiger partial charge in [-0.1, -0.05) is 83.9 Å². The van der Waals surface area contributed by atoms with Crippen LogP contribution in [0.15, 0.2) is 109 Å². The molecule has 2 amide bonds. The number of hydrogen-bond donors (Lipinski definition) is 2. The first kappa shape index (κ1) is 27.0. The minimum absolute atomic E-state index is 0.0245. The van der Waals surface area contributed by atoms with E-state index in [1.165, 1.54) is 0 Å². The lowest BCUT2D eigenvalue weighted by molar-refractivity contribution is -0.118. The summed E-state index contributed by atoms with van der Waals surface area (Å²) in [6, 6.07) is 33.6. The number of nitrogens with one attached hydrogen (secondary N) is 2. The van der Waals surface area contributed by atoms with Crippen molar-refractivity contribution in [1.29, 1.82) is 0 Å². The summed E-state index contributed by atoms with van der Waals surface area (Å²) in [5.41, 5.74) is 3.52. The van der Waals surface area contributed by atoms with Crippen molar-refractivity contribution in [2.45, 2.75) is 25.7 Å². The monoisotopic (exact) mass is 518 g/mol. The predicted octanol–water partition coefficient (Wildman–Crippen LogP) is 8.16. The van der Waals surface area contributed by atoms with Gasteiger partial charge in [-0.15, -0.1) is 0 Å². The molecule has 0 unspecified atom stereocenters. The molecule has 4 aromatic rings. The molecule has 6 heteroatoms. The minimum Gasteiger partial charge on any atom is -0.326 e. The molecule has 0 aliphatic carbocycles. The quantitative estimate of drug-likeness (QED) is 0.270. The highest BCUT2D eigenvalue weighted by atomic mass is 35.5. The fourth-order valence-electron chi connectivity index (χ4n) is 3.35. The zero-order valence-corrected chi connectivity index (χ0v) is 21.6. The smallest absolute Gasteiger partial charge is 0.231 e. The summed E-state index contributed by atoms with van der Waals surface area (Å²) in [6.45, 7) is 3.78. The van der Waals surface area contributed by atoms with Crippen molar-refractivity contribution in [1.82, 2.24) is 0 Å². The molecule has 0 radical (unpaired) electrons. The fraction of sp³-hybridized carbons (Fsp3) is 0.133. The highest BCUT2D eigenvalue weighted by Gasteiger charge is 2.15. The van der Waals surface area contributed by atoms with Crippen LogP contribution in [0.2, 0.25) is 10.0 Å². The van der Waals surface area contributed by atoms with Crippen molar-refractivity contribution in [2.24, 2.45) is 0 Å². The molecule has 0 heterocycles. The number of halogens is 2. The van der Waals surface area contributed by atoms with Gasteiger partial charge in [-0.05, 0) is 73.5 Å². The number of benzene rings is 4. The van der Waals surface area contributed by atoms with Crippen LogP contribution in [0.25, 0.3) is 0 Å². The Balaban J connectivity index is 0.000000201. The maximum Gasteiger partial charge on any atom is 0.231 e. The zero-order valence-electron chi connectivity index (χ0n) is 20.1. The van der Waals surface area contributed by atoms with Gasteiger partial charge in [0.1, 0.15) is 0 Å². The lowest BCUT2D eigenvalue weighted by atomic mass is 10.0. The first-order chi connectivity index (χ1) is 17.3. The van der Waals surface area contributed by atoms with Gasteiger partial charge in [0.15, 0.2) is 0 Å². The SMILES string of the molecule is C[C@H](C(=O)Nc1ccc(Cl)cc1)c1ccccc1.C[C@H](C(=O)Nc1ccc(Cl)cc1)c1ccccc1. The molecule has 0 saturated carbocycles. The molecule has 0 fully saturated rings. The Morgan fingerprint density at radius 1 is 0.528 bits per heavy atom. The lowest BCUT2D eigenvalue weighted by Gasteiger charge is -2.12. The zero-order chi connectivity index (χ0) is 25.9. The second kappa shape index (κ2) is 13.5. The van der Waals surface area contributed by atoms with Crippen LogP contribution in [0.1, 0.15) is 36.8 Å². The van der Waals surface area contributed by atoms with E-state index in [-0.39, 0.29) is 23.7 Å². The highest BCUT2D eigenvalue weighted by Crippen LogP contribution is 2.20. The maximum atomic E-state index is 12.1. The molecule has 2 atom stereocenters. The molecule has 184 valence electrons. The summed E-state index contributed by atoms with van der Waals surface area (Å²) in [6.07, 6.45) is 0. The van der Waals surface area contributed by atoms with Crippen molar-refractivity contribution in [3.63, 3.8) is 0 Å². The van der Waals surface area contributed by atoms with E-state index in [0.717, 1.165) is 22.5 Å². The van der Waals surface area contributed by atoms with Crippen LogP contribution in [-0.4, -0.2) is 11.8 Å². The Hall–Kier alpha value is -3.60. The minimum atomic E-state index is -0.179. The van der Waals surface area contributed by atoms with E-state index in [2.05, 4.69) is 10.6 Å². The van der Waals surface area contributed by atoms with Gasteiger partial charge in [-0.3, -0.25) is 9.59 Å². The Labute approximate surface area is 222 Å². The van der Waals surface area contributed by atoms with Gasteiger partial charge in [-0.25, -0.2) is 0 Å². The number of hydrogen-bond acceptors (Lipinski definition) is 2. The van der Waals surface area contributed by atoms with Crippen molar-refractivity contribution in [3.05, 3.63) is 130 Å². The first-order valence-electron chi connectivity index (χ1n) is 11.6. The van der Waals surface area contributed by atoms with Gasteiger partial charge >= 0.3 is 0 Å². The van der Waals surface area contributed by atoms with Gasteiger partial charge in [0.25, 0.3) is 0 Å². The molecule has 0 saturated heterocycles. The molecular weight excluding hydrogens is 491 g/mol. The number of amides is 2. The number of rotatable bonds is 6. The van der Waals surface area contributed by atoms with E-state index >= 15 is 0 Å². The van der Waals surface area contributed by atoms with Crippen LogP contribution in [0.3, 0.4) is 0 Å². The summed E-state index contributed by atoms with van der Waals surface area (Å²) < 4.78 is 0. The molecule has 0 aliphatic rings. The second-order valence-electron chi connectivity index (χ2n) is 8.26. The predicted molar refractivity (Wildman–Crippen MR) is 150 cm³/mol. The average molecular weight is 519 g/mol. The molecule has 4 nitrogen and oxygen atoms in total. The molecule has 0 spiro atoms. The third-order valence-corrected chi connectivity index (χ3v) is 6.11. The van der Waals surface area contributed by atoms with Crippen LogP contribution < -0.4 is 10.6 Å². The van der Waals surface area contributed by atoms with Gasteiger partial charge in [0.2, 0.25) is 11.8 Å². The Kier molecular flexibility index (Phi) is 10.1. The van der Waals surface area contributed by atoms with Crippen molar-refractivity contribution in [2.75, 3.05) is 10.6 Å². The Bertz CT molecular complexity index is 1140. The molecule has 0 bridgehead atoms. The van der Waals surface area contributed by atoms with Crippen molar-refractivity contribution in [3.8, 4) is 0 Å². The van der Waals surface area contributed by atoms with E-state index in [1.807, 2.05) is 74.5 Å². The van der Waals surface area contributed by atoms with Gasteiger partial charge < -0.3 is 10.6 Å². The van der Waals surface area contributed by atoms with Gasteiger partial charge in [-0.2, -0.15) is 0 Å². The van der Waals surface area contributed by atoms with Crippen molar-refractivity contribution < 1.29 is 9.59 Å². The topological polar surface area (TPSA) is 58.2 Å². The van der Waals surface area contributed by atoms with E-state index in [1.54, 1.807) is 48.5 Å². The number of carbonyl (C=O) groups is 2. The van der Waals surface area contributed by atoms with Gasteiger partial charge in [0.05, 0.1) is 11.8 Å². The van der Waals surface area contributed by atoms with Crippen LogP contribution in [0.4, 0.5) is 11.4 Å². The largest absolute Gasteiger partial charge is 0.326 e. The summed E-state index contributed by atoms with van der Waals surface area (Å²) >= 11 is 11.6. The van der Waals surface area contributed by atoms with E-state index < -0.39 is 0 Å². The van der Waals surface area contributed by atoms with Crippen molar-refractivity contribution >= 4 is 46.4 Å². The van der Waals surface area contributed by atoms with E-state index in [0.29, 0.717) is 10.0 Å². The second-order valence-corrected chi connectivity index (χ2v) is 9.13. The first-order valence-corrected chi connectivity index (χ1v) is 12.3. The standard InChI is InChI=1S/2C15H14ClNO/c2*1-11(12-5-3-2-4-6-12)15(18)17-14-9-7-13(16)8-10-14/h2*2-11H,1H3,(H,17,18)/t2*11-/m00/s1. The van der Waals surface area contributed by atoms with Crippen LogP contribution in [0, 0.1) is 0 Å². The third kappa shape index (κ3) is 8.26. The molecule has 2 N–H and O–H groups in total. The fourth-order valence-corrected chi connectivity index (χ4v) is 3.61. The molecular formula is C30H28Cl2N2O2. The normalized spacial score (nSPS) is 11.9. The number of carbonyl (C=O) groups excluding carboxylic acids is 2. The van der Waals surface area contributed by atoms with Crippen LogP contribution >= 0.6 is 23.2 Å². The Morgan fingerprint density at radius 3 is 1.14 bits per heavy atom. The average Bonchev–Trinajstić information content (AvgIpc) is 2.91. The molecule has 4 rings (SSSR count). The summed E-state index contributed by atoms with van der Waals surface area (Å²) in [5.74, 6) is -0.407. The van der Waals surface area contributed by atoms with E-state index in [4.69, 9.17) is 23.2 Å². The summed E-state index contributed by atoms with van der Waals surface area (Å²) in [4.78, 5) is 24.1. The summed E-state index contributed by atoms with van der Waals surface area (Å²) in [7, 11) is 0. The van der Waals surface area contributed by atoms with Crippen LogP contribution in [0.5, 0.6) is 0 Å². The maximum absolute atomic E-state index is 12.1. The Morgan fingerprint density at radius 2 is 0.833 bits per heavy atom. The van der Waals surface area contributed by atoms with E-state index in [9.17, 15) is 9.59 Å². The molecule has 0 aromatic heterocycles. The number of anilines is 2. The third-order valence-electron chi connectivity index (χ3n) is 5.61. The van der Waals surface area contributed by atoms with Crippen LogP contribution in [-0.2, 0) is 9.59 Å². The lowest BCUT2D eigenvalue weighted by Crippen LogP contribution is -2.18. The van der Waals surface area contributed by atoms with Gasteiger partial charge in [0, 0.05) is 21.4 Å². The molecule has 0 aliphatic heterocycles. The molecule has 4 aromatic carbocycles.